The Hall–Kier alpha value is -1.56. The van der Waals surface area contributed by atoms with E-state index in [1.807, 2.05) is 18.2 Å². The number of piperazine rings is 1. The van der Waals surface area contributed by atoms with Gasteiger partial charge < -0.3 is 14.7 Å². The maximum absolute atomic E-state index is 12.9. The van der Waals surface area contributed by atoms with Crippen LogP contribution in [0, 0.1) is 23.2 Å². The molecule has 1 aromatic rings. The van der Waals surface area contributed by atoms with Crippen LogP contribution < -0.4 is 4.90 Å². The van der Waals surface area contributed by atoms with Crippen molar-refractivity contribution in [1.29, 1.82) is 0 Å². The summed E-state index contributed by atoms with van der Waals surface area (Å²) in [5.41, 5.74) is 2.20. The summed E-state index contributed by atoms with van der Waals surface area (Å²) in [6.45, 7) is 8.71. The highest BCUT2D eigenvalue weighted by atomic mass is 35.5. The van der Waals surface area contributed by atoms with E-state index in [0.29, 0.717) is 12.5 Å². The predicted molar refractivity (Wildman–Crippen MR) is 122 cm³/mol. The number of esters is 1. The van der Waals surface area contributed by atoms with E-state index in [2.05, 4.69) is 35.8 Å². The van der Waals surface area contributed by atoms with Crippen LogP contribution in [0.1, 0.15) is 33.1 Å². The lowest BCUT2D eigenvalue weighted by atomic mass is 9.55. The number of allylic oxidation sites excluding steroid dienone is 1. The average molecular weight is 445 g/mol. The minimum absolute atomic E-state index is 0.110. The number of carbonyl (C=O) groups is 1. The van der Waals surface area contributed by atoms with Gasteiger partial charge in [-0.05, 0) is 37.0 Å². The van der Waals surface area contributed by atoms with Crippen molar-refractivity contribution in [2.24, 2.45) is 23.2 Å². The number of rotatable bonds is 3. The Morgan fingerprint density at radius 3 is 2.77 bits per heavy atom. The summed E-state index contributed by atoms with van der Waals surface area (Å²) in [4.78, 5) is 17.6. The first-order chi connectivity index (χ1) is 14.9. The van der Waals surface area contributed by atoms with Gasteiger partial charge in [0.05, 0.1) is 12.0 Å². The zero-order valence-corrected chi connectivity index (χ0v) is 19.2. The third-order valence-electron chi connectivity index (χ3n) is 8.57. The van der Waals surface area contributed by atoms with E-state index in [0.717, 1.165) is 56.2 Å². The van der Waals surface area contributed by atoms with Crippen LogP contribution in [0.25, 0.3) is 0 Å². The lowest BCUT2D eigenvalue weighted by molar-refractivity contribution is -0.145. The molecule has 0 spiro atoms. The molecule has 1 saturated carbocycles. The third kappa shape index (κ3) is 3.59. The monoisotopic (exact) mass is 444 g/mol. The van der Waals surface area contributed by atoms with Crippen LogP contribution in [0.3, 0.4) is 0 Å². The van der Waals surface area contributed by atoms with E-state index in [1.54, 1.807) is 0 Å². The number of nitrogens with zero attached hydrogens (tertiary/aromatic N) is 2. The molecule has 1 N–H and O–H groups in total. The number of hydrogen-bond acceptors (Lipinski definition) is 5. The molecule has 0 bridgehead atoms. The highest BCUT2D eigenvalue weighted by molar-refractivity contribution is 6.30. The second kappa shape index (κ2) is 8.09. The molecular formula is C25H33ClN2O3. The molecule has 3 fully saturated rings. The summed E-state index contributed by atoms with van der Waals surface area (Å²) in [6, 6.07) is 7.98. The van der Waals surface area contributed by atoms with Gasteiger partial charge in [-0.3, -0.25) is 9.69 Å². The second-order valence-electron chi connectivity index (χ2n) is 10.1. The highest BCUT2D eigenvalue weighted by Crippen LogP contribution is 2.56. The Kier molecular flexibility index (Phi) is 5.56. The van der Waals surface area contributed by atoms with Gasteiger partial charge in [-0.1, -0.05) is 43.2 Å². The van der Waals surface area contributed by atoms with Crippen LogP contribution >= 0.6 is 11.6 Å². The SMILES string of the molecule is CC1CCC=C2CC3OC(=O)C(CN4CCN(c5cccc(Cl)c5)CC4)C3C(O)C21C. The van der Waals surface area contributed by atoms with Gasteiger partial charge in [0.25, 0.3) is 0 Å². The molecule has 2 saturated heterocycles. The Morgan fingerprint density at radius 2 is 2.03 bits per heavy atom. The number of aliphatic hydroxyl groups is 1. The number of benzene rings is 1. The molecule has 6 atom stereocenters. The van der Waals surface area contributed by atoms with Gasteiger partial charge in [0.15, 0.2) is 0 Å². The first-order valence-corrected chi connectivity index (χ1v) is 12.1. The molecule has 6 unspecified atom stereocenters. The number of fused-ring (bicyclic) bond motifs is 2. The molecule has 2 aliphatic heterocycles. The molecule has 31 heavy (non-hydrogen) atoms. The minimum atomic E-state index is -0.531. The number of carbonyl (C=O) groups excluding carboxylic acids is 1. The molecular weight excluding hydrogens is 412 g/mol. The van der Waals surface area contributed by atoms with Crippen LogP contribution in [-0.2, 0) is 9.53 Å². The zero-order chi connectivity index (χ0) is 21.8. The van der Waals surface area contributed by atoms with Crippen molar-refractivity contribution in [1.82, 2.24) is 4.90 Å². The maximum Gasteiger partial charge on any atom is 0.311 e. The molecule has 0 amide bonds. The lowest BCUT2D eigenvalue weighted by Crippen LogP contribution is -2.55. The minimum Gasteiger partial charge on any atom is -0.461 e. The molecule has 4 aliphatic rings. The molecule has 2 aliphatic carbocycles. The molecule has 168 valence electrons. The zero-order valence-electron chi connectivity index (χ0n) is 18.5. The fourth-order valence-corrected chi connectivity index (χ4v) is 6.60. The number of ether oxygens (including phenoxy) is 1. The first kappa shape index (κ1) is 21.3. The molecule has 5 rings (SSSR count). The van der Waals surface area contributed by atoms with Crippen LogP contribution in [0.15, 0.2) is 35.9 Å². The highest BCUT2D eigenvalue weighted by Gasteiger charge is 2.59. The summed E-state index contributed by atoms with van der Waals surface area (Å²) in [7, 11) is 0. The first-order valence-electron chi connectivity index (χ1n) is 11.7. The van der Waals surface area contributed by atoms with Gasteiger partial charge in [0.2, 0.25) is 0 Å². The van der Waals surface area contributed by atoms with E-state index in [1.165, 1.54) is 5.57 Å². The van der Waals surface area contributed by atoms with Gasteiger partial charge >= 0.3 is 5.97 Å². The van der Waals surface area contributed by atoms with Crippen LogP contribution in [0.4, 0.5) is 5.69 Å². The van der Waals surface area contributed by atoms with E-state index >= 15 is 0 Å². The van der Waals surface area contributed by atoms with Crippen molar-refractivity contribution < 1.29 is 14.6 Å². The quantitative estimate of drug-likeness (QED) is 0.568. The lowest BCUT2D eigenvalue weighted by Gasteiger charge is -2.52. The Bertz CT molecular complexity index is 881. The molecule has 0 aromatic heterocycles. The summed E-state index contributed by atoms with van der Waals surface area (Å²) in [6.07, 6.45) is 4.52. The normalized spacial score (nSPS) is 38.3. The molecule has 0 radical (unpaired) electrons. The molecule has 1 aromatic carbocycles. The number of anilines is 1. The van der Waals surface area contributed by atoms with E-state index in [9.17, 15) is 9.90 Å². The van der Waals surface area contributed by atoms with Crippen molar-refractivity contribution in [3.8, 4) is 0 Å². The van der Waals surface area contributed by atoms with Crippen molar-refractivity contribution in [3.05, 3.63) is 40.9 Å². The third-order valence-corrected chi connectivity index (χ3v) is 8.81. The summed E-state index contributed by atoms with van der Waals surface area (Å²) in [5.74, 6) is -0.0609. The molecule has 6 heteroatoms. The fourth-order valence-electron chi connectivity index (χ4n) is 6.41. The maximum atomic E-state index is 12.9. The summed E-state index contributed by atoms with van der Waals surface area (Å²) in [5, 5.41) is 12.3. The van der Waals surface area contributed by atoms with Crippen LogP contribution in [-0.4, -0.2) is 60.9 Å². The average Bonchev–Trinajstić information content (AvgIpc) is 3.06. The van der Waals surface area contributed by atoms with Crippen molar-refractivity contribution >= 4 is 23.3 Å². The van der Waals surface area contributed by atoms with Crippen molar-refractivity contribution in [3.63, 3.8) is 0 Å². The van der Waals surface area contributed by atoms with E-state index < -0.39 is 6.10 Å². The molecule has 2 heterocycles. The van der Waals surface area contributed by atoms with Gasteiger partial charge in [0, 0.05) is 61.2 Å². The van der Waals surface area contributed by atoms with Gasteiger partial charge in [-0.2, -0.15) is 0 Å². The second-order valence-corrected chi connectivity index (χ2v) is 10.5. The topological polar surface area (TPSA) is 53.0 Å². The number of hydrogen-bond donors (Lipinski definition) is 1. The molecule has 5 nitrogen and oxygen atoms in total. The Balaban J connectivity index is 1.28. The van der Waals surface area contributed by atoms with Crippen molar-refractivity contribution in [2.75, 3.05) is 37.6 Å². The Morgan fingerprint density at radius 1 is 1.26 bits per heavy atom. The van der Waals surface area contributed by atoms with Crippen LogP contribution in [0.2, 0.25) is 5.02 Å². The smallest absolute Gasteiger partial charge is 0.311 e. The summed E-state index contributed by atoms with van der Waals surface area (Å²) >= 11 is 6.15. The van der Waals surface area contributed by atoms with E-state index in [-0.39, 0.29) is 29.3 Å². The van der Waals surface area contributed by atoms with Gasteiger partial charge in [0.1, 0.15) is 6.10 Å². The largest absolute Gasteiger partial charge is 0.461 e. The predicted octanol–water partition coefficient (Wildman–Crippen LogP) is 3.75. The Labute approximate surface area is 190 Å². The fraction of sp³-hybridized carbons (Fsp3) is 0.640. The number of halogens is 1. The van der Waals surface area contributed by atoms with E-state index in [4.69, 9.17) is 16.3 Å². The van der Waals surface area contributed by atoms with Gasteiger partial charge in [-0.25, -0.2) is 0 Å². The van der Waals surface area contributed by atoms with Crippen LogP contribution in [0.5, 0.6) is 0 Å². The van der Waals surface area contributed by atoms with Gasteiger partial charge in [-0.15, -0.1) is 0 Å². The van der Waals surface area contributed by atoms with Crippen molar-refractivity contribution in [2.45, 2.75) is 45.3 Å². The summed E-state index contributed by atoms with van der Waals surface area (Å²) < 4.78 is 5.83. The number of aliphatic hydroxyl groups excluding tert-OH is 1. The standard InChI is InChI=1S/C25H33ClN2O3/c1-16-5-3-6-17-13-21-22(23(29)25(16,17)2)20(24(30)31-21)15-27-9-11-28(12-10-27)19-8-4-7-18(26)14-19/h4,6-8,14,16,20-23,29H,3,5,9-13,15H2,1-2H3.